The Morgan fingerprint density at radius 1 is 1.11 bits per heavy atom. The van der Waals surface area contributed by atoms with Gasteiger partial charge in [-0.25, -0.2) is 0 Å². The van der Waals surface area contributed by atoms with Gasteiger partial charge < -0.3 is 11.1 Å². The third-order valence-corrected chi connectivity index (χ3v) is 3.58. The van der Waals surface area contributed by atoms with Gasteiger partial charge in [-0.15, -0.1) is 0 Å². The Hall–Kier alpha value is -1.29. The van der Waals surface area contributed by atoms with Gasteiger partial charge in [0.1, 0.15) is 4.99 Å². The molecule has 0 amide bonds. The molecular weight excluding hydrogens is 299 g/mol. The highest BCUT2D eigenvalue weighted by atomic mass is 35.5. The predicted octanol–water partition coefficient (Wildman–Crippen LogP) is 4.24. The van der Waals surface area contributed by atoms with Crippen molar-refractivity contribution >= 4 is 46.1 Å². The van der Waals surface area contributed by atoms with Crippen LogP contribution < -0.4 is 11.1 Å². The van der Waals surface area contributed by atoms with E-state index >= 15 is 0 Å². The Bertz CT molecular complexity index is 614. The van der Waals surface area contributed by atoms with Crippen molar-refractivity contribution in [2.75, 3.05) is 5.32 Å². The normalized spacial score (nSPS) is 10.2. The lowest BCUT2D eigenvalue weighted by molar-refractivity contribution is 1.15. The van der Waals surface area contributed by atoms with Crippen LogP contribution in [0.15, 0.2) is 42.5 Å². The molecule has 2 aromatic rings. The Kier molecular flexibility index (Phi) is 4.64. The molecule has 0 fully saturated rings. The van der Waals surface area contributed by atoms with Crippen LogP contribution in [-0.4, -0.2) is 4.99 Å². The minimum Gasteiger partial charge on any atom is -0.389 e. The molecule has 0 aliphatic carbocycles. The summed E-state index contributed by atoms with van der Waals surface area (Å²) in [5.74, 6) is 0. The number of benzene rings is 2. The highest BCUT2D eigenvalue weighted by Gasteiger charge is 2.05. The molecule has 0 spiro atoms. The van der Waals surface area contributed by atoms with E-state index in [-0.39, 0.29) is 0 Å². The van der Waals surface area contributed by atoms with Gasteiger partial charge in [0.05, 0.1) is 5.02 Å². The molecule has 0 aliphatic rings. The quantitative estimate of drug-likeness (QED) is 0.830. The highest BCUT2D eigenvalue weighted by Crippen LogP contribution is 2.22. The standard InChI is InChI=1S/C14H12Cl2N2S/c15-12-4-2-1-3-9(12)8-18-10-5-6-11(14(17)19)13(16)7-10/h1-7,18H,8H2,(H2,17,19). The van der Waals surface area contributed by atoms with Crippen molar-refractivity contribution < 1.29 is 0 Å². The van der Waals surface area contributed by atoms with Gasteiger partial charge in [-0.05, 0) is 29.8 Å². The van der Waals surface area contributed by atoms with Crippen molar-refractivity contribution in [3.63, 3.8) is 0 Å². The zero-order valence-electron chi connectivity index (χ0n) is 9.99. The third-order valence-electron chi connectivity index (χ3n) is 2.68. The van der Waals surface area contributed by atoms with Crippen molar-refractivity contribution in [2.45, 2.75) is 6.54 Å². The average molecular weight is 311 g/mol. The Balaban J connectivity index is 2.11. The second kappa shape index (κ2) is 6.24. The smallest absolute Gasteiger partial charge is 0.105 e. The summed E-state index contributed by atoms with van der Waals surface area (Å²) < 4.78 is 0. The van der Waals surface area contributed by atoms with Crippen LogP contribution in [0.4, 0.5) is 5.69 Å². The summed E-state index contributed by atoms with van der Waals surface area (Å²) in [6.07, 6.45) is 0. The molecule has 0 aliphatic heterocycles. The summed E-state index contributed by atoms with van der Waals surface area (Å²) in [5, 5.41) is 4.53. The van der Waals surface area contributed by atoms with E-state index in [4.69, 9.17) is 41.2 Å². The number of nitrogens with two attached hydrogens (primary N) is 1. The monoisotopic (exact) mass is 310 g/mol. The lowest BCUT2D eigenvalue weighted by atomic mass is 10.2. The van der Waals surface area contributed by atoms with E-state index in [1.54, 1.807) is 12.1 Å². The Morgan fingerprint density at radius 3 is 2.47 bits per heavy atom. The first-order valence-electron chi connectivity index (χ1n) is 5.64. The minimum atomic E-state index is 0.294. The Labute approximate surface area is 127 Å². The summed E-state index contributed by atoms with van der Waals surface area (Å²) >= 11 is 17.1. The first-order valence-corrected chi connectivity index (χ1v) is 6.81. The van der Waals surface area contributed by atoms with Crippen molar-refractivity contribution in [3.05, 3.63) is 63.6 Å². The van der Waals surface area contributed by atoms with E-state index < -0.39 is 0 Å². The summed E-state index contributed by atoms with van der Waals surface area (Å²) in [6, 6.07) is 13.2. The first kappa shape index (κ1) is 14.1. The number of hydrogen-bond acceptors (Lipinski definition) is 2. The largest absolute Gasteiger partial charge is 0.389 e. The van der Waals surface area contributed by atoms with Gasteiger partial charge >= 0.3 is 0 Å². The summed E-state index contributed by atoms with van der Waals surface area (Å²) in [4.78, 5) is 0.294. The highest BCUT2D eigenvalue weighted by molar-refractivity contribution is 7.80. The van der Waals surface area contributed by atoms with Crippen LogP contribution in [0.3, 0.4) is 0 Å². The number of nitrogens with one attached hydrogen (secondary N) is 1. The molecule has 0 unspecified atom stereocenters. The molecule has 98 valence electrons. The van der Waals surface area contributed by atoms with Crippen LogP contribution in [-0.2, 0) is 6.54 Å². The van der Waals surface area contributed by atoms with Crippen LogP contribution in [0.5, 0.6) is 0 Å². The first-order chi connectivity index (χ1) is 9.08. The topological polar surface area (TPSA) is 38.0 Å². The zero-order valence-corrected chi connectivity index (χ0v) is 12.3. The van der Waals surface area contributed by atoms with Crippen molar-refractivity contribution in [1.29, 1.82) is 0 Å². The number of thiocarbonyl (C=S) groups is 1. The molecule has 5 heteroatoms. The lowest BCUT2D eigenvalue weighted by Gasteiger charge is -2.10. The van der Waals surface area contributed by atoms with Gasteiger partial charge in [0.25, 0.3) is 0 Å². The van der Waals surface area contributed by atoms with Gasteiger partial charge in [0.2, 0.25) is 0 Å². The van der Waals surface area contributed by atoms with Gasteiger partial charge in [-0.3, -0.25) is 0 Å². The molecule has 0 saturated carbocycles. The summed E-state index contributed by atoms with van der Waals surface area (Å²) in [6.45, 7) is 0.627. The molecule has 2 rings (SSSR count). The lowest BCUT2D eigenvalue weighted by Crippen LogP contribution is -2.10. The molecule has 0 heterocycles. The van der Waals surface area contributed by atoms with Gasteiger partial charge in [-0.1, -0.05) is 53.6 Å². The summed E-state index contributed by atoms with van der Waals surface area (Å²) in [5.41, 5.74) is 8.16. The van der Waals surface area contributed by atoms with E-state index in [1.165, 1.54) is 0 Å². The summed E-state index contributed by atoms with van der Waals surface area (Å²) in [7, 11) is 0. The molecule has 0 radical (unpaired) electrons. The third kappa shape index (κ3) is 3.60. The van der Waals surface area contributed by atoms with E-state index in [9.17, 15) is 0 Å². The number of anilines is 1. The maximum Gasteiger partial charge on any atom is 0.105 e. The van der Waals surface area contributed by atoms with E-state index in [0.717, 1.165) is 16.3 Å². The van der Waals surface area contributed by atoms with Gasteiger partial charge in [-0.2, -0.15) is 0 Å². The number of hydrogen-bond donors (Lipinski definition) is 2. The zero-order chi connectivity index (χ0) is 13.8. The fourth-order valence-corrected chi connectivity index (χ4v) is 2.38. The van der Waals surface area contributed by atoms with Gasteiger partial charge in [0.15, 0.2) is 0 Å². The van der Waals surface area contributed by atoms with Crippen LogP contribution in [0.2, 0.25) is 10.0 Å². The molecule has 0 atom stereocenters. The molecule has 0 aromatic heterocycles. The minimum absolute atomic E-state index is 0.294. The molecule has 0 bridgehead atoms. The van der Waals surface area contributed by atoms with Crippen LogP contribution in [0, 0.1) is 0 Å². The Morgan fingerprint density at radius 2 is 1.84 bits per heavy atom. The van der Waals surface area contributed by atoms with Crippen molar-refractivity contribution in [2.24, 2.45) is 5.73 Å². The second-order valence-corrected chi connectivity index (χ2v) is 5.26. The molecule has 2 nitrogen and oxygen atoms in total. The van der Waals surface area contributed by atoms with Crippen molar-refractivity contribution in [3.8, 4) is 0 Å². The molecule has 19 heavy (non-hydrogen) atoms. The van der Waals surface area contributed by atoms with Crippen LogP contribution in [0.25, 0.3) is 0 Å². The van der Waals surface area contributed by atoms with E-state index in [1.807, 2.05) is 30.3 Å². The fourth-order valence-electron chi connectivity index (χ4n) is 1.66. The molecule has 0 saturated heterocycles. The number of rotatable bonds is 4. The van der Waals surface area contributed by atoms with Crippen LogP contribution >= 0.6 is 35.4 Å². The molecule has 2 aromatic carbocycles. The SMILES string of the molecule is NC(=S)c1ccc(NCc2ccccc2Cl)cc1Cl. The van der Waals surface area contributed by atoms with E-state index in [0.29, 0.717) is 22.1 Å². The number of halogens is 2. The molecular formula is C14H12Cl2N2S. The van der Waals surface area contributed by atoms with Gasteiger partial charge in [0, 0.05) is 22.8 Å². The molecule has 3 N–H and O–H groups in total. The predicted molar refractivity (Wildman–Crippen MR) is 86.1 cm³/mol. The van der Waals surface area contributed by atoms with Crippen LogP contribution in [0.1, 0.15) is 11.1 Å². The fraction of sp³-hybridized carbons (Fsp3) is 0.0714. The van der Waals surface area contributed by atoms with E-state index in [2.05, 4.69) is 5.32 Å². The maximum atomic E-state index is 6.10. The average Bonchev–Trinajstić information content (AvgIpc) is 2.37. The second-order valence-electron chi connectivity index (χ2n) is 4.00. The van der Waals surface area contributed by atoms with Crippen molar-refractivity contribution in [1.82, 2.24) is 0 Å². The maximum absolute atomic E-state index is 6.10.